The largest absolute Gasteiger partial charge is 0.354 e. The SMILES string of the molecule is CCCNC(=O)C(C)Nc1nc(Cl)ccc1[N+](=O)[O-]. The molecule has 0 saturated carbocycles. The predicted molar refractivity (Wildman–Crippen MR) is 72.3 cm³/mol. The van der Waals surface area contributed by atoms with E-state index in [1.54, 1.807) is 6.92 Å². The van der Waals surface area contributed by atoms with Crippen LogP contribution in [0.2, 0.25) is 5.15 Å². The van der Waals surface area contributed by atoms with Crippen LogP contribution in [0.25, 0.3) is 0 Å². The lowest BCUT2D eigenvalue weighted by molar-refractivity contribution is -0.384. The molecule has 0 bridgehead atoms. The van der Waals surface area contributed by atoms with E-state index in [1.165, 1.54) is 12.1 Å². The molecule has 0 fully saturated rings. The number of aromatic nitrogens is 1. The van der Waals surface area contributed by atoms with Crippen LogP contribution < -0.4 is 10.6 Å². The highest BCUT2D eigenvalue weighted by molar-refractivity contribution is 6.29. The molecule has 0 spiro atoms. The maximum Gasteiger partial charge on any atom is 0.311 e. The van der Waals surface area contributed by atoms with Crippen LogP contribution in [0.1, 0.15) is 20.3 Å². The maximum atomic E-state index is 11.7. The first kappa shape index (κ1) is 15.2. The van der Waals surface area contributed by atoms with Crippen molar-refractivity contribution in [1.82, 2.24) is 10.3 Å². The summed E-state index contributed by atoms with van der Waals surface area (Å²) in [7, 11) is 0. The molecule has 7 nitrogen and oxygen atoms in total. The Labute approximate surface area is 115 Å². The summed E-state index contributed by atoms with van der Waals surface area (Å²) < 4.78 is 0. The number of carbonyl (C=O) groups is 1. The highest BCUT2D eigenvalue weighted by Gasteiger charge is 2.20. The van der Waals surface area contributed by atoms with E-state index in [0.717, 1.165) is 6.42 Å². The molecule has 1 heterocycles. The summed E-state index contributed by atoms with van der Waals surface area (Å²) >= 11 is 5.69. The number of anilines is 1. The standard InChI is InChI=1S/C11H15ClN4O3/c1-3-6-13-11(17)7(2)14-10-8(16(18)19)4-5-9(12)15-10/h4-5,7H,3,6H2,1-2H3,(H,13,17)(H,14,15). The van der Waals surface area contributed by atoms with Crippen molar-refractivity contribution >= 4 is 29.0 Å². The quantitative estimate of drug-likeness (QED) is 0.473. The molecule has 1 atom stereocenters. The summed E-state index contributed by atoms with van der Waals surface area (Å²) in [5.41, 5.74) is -0.223. The van der Waals surface area contributed by atoms with Gasteiger partial charge in [-0.05, 0) is 19.4 Å². The van der Waals surface area contributed by atoms with E-state index in [-0.39, 0.29) is 22.6 Å². The van der Waals surface area contributed by atoms with Gasteiger partial charge >= 0.3 is 5.69 Å². The van der Waals surface area contributed by atoms with E-state index >= 15 is 0 Å². The van der Waals surface area contributed by atoms with Gasteiger partial charge in [0.1, 0.15) is 11.2 Å². The van der Waals surface area contributed by atoms with Gasteiger partial charge in [0.2, 0.25) is 11.7 Å². The van der Waals surface area contributed by atoms with Gasteiger partial charge in [0.25, 0.3) is 0 Å². The summed E-state index contributed by atoms with van der Waals surface area (Å²) in [6, 6.07) is 1.93. The Morgan fingerprint density at radius 1 is 1.58 bits per heavy atom. The second kappa shape index (κ2) is 6.89. The second-order valence-corrected chi connectivity index (χ2v) is 4.30. The third-order valence-corrected chi connectivity index (χ3v) is 2.54. The van der Waals surface area contributed by atoms with Gasteiger partial charge in [-0.3, -0.25) is 14.9 Å². The monoisotopic (exact) mass is 286 g/mol. The Hall–Kier alpha value is -1.89. The Kier molecular flexibility index (Phi) is 5.50. The molecule has 1 rings (SSSR count). The molecule has 8 heteroatoms. The lowest BCUT2D eigenvalue weighted by Gasteiger charge is -2.14. The average Bonchev–Trinajstić information content (AvgIpc) is 2.35. The third kappa shape index (κ3) is 4.36. The minimum absolute atomic E-state index is 0.0170. The topological polar surface area (TPSA) is 97.2 Å². The van der Waals surface area contributed by atoms with E-state index in [4.69, 9.17) is 11.6 Å². The molecule has 0 aromatic carbocycles. The fourth-order valence-electron chi connectivity index (χ4n) is 1.35. The van der Waals surface area contributed by atoms with Crippen LogP contribution in [0.4, 0.5) is 11.5 Å². The Balaban J connectivity index is 2.83. The number of hydrogen-bond acceptors (Lipinski definition) is 5. The minimum atomic E-state index is -0.642. The molecule has 2 N–H and O–H groups in total. The molecule has 1 amide bonds. The summed E-state index contributed by atoms with van der Waals surface area (Å²) in [4.78, 5) is 25.8. The molecule has 19 heavy (non-hydrogen) atoms. The zero-order valence-corrected chi connectivity index (χ0v) is 11.4. The fraction of sp³-hybridized carbons (Fsp3) is 0.455. The van der Waals surface area contributed by atoms with Crippen molar-refractivity contribution in [3.05, 3.63) is 27.4 Å². The summed E-state index contributed by atoms with van der Waals surface area (Å²) in [6.07, 6.45) is 0.814. The van der Waals surface area contributed by atoms with Crippen LogP contribution in [0.15, 0.2) is 12.1 Å². The zero-order chi connectivity index (χ0) is 14.4. The lowest BCUT2D eigenvalue weighted by Crippen LogP contribution is -2.38. The van der Waals surface area contributed by atoms with Crippen molar-refractivity contribution in [3.63, 3.8) is 0 Å². The van der Waals surface area contributed by atoms with Gasteiger partial charge in [-0.1, -0.05) is 18.5 Å². The Bertz CT molecular complexity index is 481. The molecule has 1 aromatic rings. The van der Waals surface area contributed by atoms with Crippen molar-refractivity contribution in [2.45, 2.75) is 26.3 Å². The van der Waals surface area contributed by atoms with Gasteiger partial charge in [-0.15, -0.1) is 0 Å². The number of nitrogens with one attached hydrogen (secondary N) is 2. The van der Waals surface area contributed by atoms with Gasteiger partial charge in [0, 0.05) is 12.6 Å². The Morgan fingerprint density at radius 2 is 2.26 bits per heavy atom. The van der Waals surface area contributed by atoms with Crippen LogP contribution in [-0.4, -0.2) is 28.4 Å². The third-order valence-electron chi connectivity index (χ3n) is 2.33. The molecule has 104 valence electrons. The second-order valence-electron chi connectivity index (χ2n) is 3.92. The molecule has 1 unspecified atom stereocenters. The van der Waals surface area contributed by atoms with Crippen LogP contribution in [0.5, 0.6) is 0 Å². The molecule has 0 aliphatic rings. The van der Waals surface area contributed by atoms with Gasteiger partial charge in [-0.25, -0.2) is 4.98 Å². The van der Waals surface area contributed by atoms with E-state index in [2.05, 4.69) is 15.6 Å². The molecule has 0 aliphatic carbocycles. The van der Waals surface area contributed by atoms with E-state index in [0.29, 0.717) is 6.54 Å². The minimum Gasteiger partial charge on any atom is -0.354 e. The van der Waals surface area contributed by atoms with Crippen LogP contribution in [0.3, 0.4) is 0 Å². The van der Waals surface area contributed by atoms with E-state index in [9.17, 15) is 14.9 Å². The van der Waals surface area contributed by atoms with Gasteiger partial charge < -0.3 is 10.6 Å². The fourth-order valence-corrected chi connectivity index (χ4v) is 1.50. The van der Waals surface area contributed by atoms with Crippen molar-refractivity contribution < 1.29 is 9.72 Å². The summed E-state index contributed by atoms with van der Waals surface area (Å²) in [6.45, 7) is 4.08. The predicted octanol–water partition coefficient (Wildman–Crippen LogP) is 1.97. The number of carbonyl (C=O) groups excluding carboxylic acids is 1. The first-order valence-corrected chi connectivity index (χ1v) is 6.18. The van der Waals surface area contributed by atoms with E-state index in [1.807, 2.05) is 6.92 Å². The number of pyridine rings is 1. The van der Waals surface area contributed by atoms with Gasteiger partial charge in [-0.2, -0.15) is 0 Å². The van der Waals surface area contributed by atoms with Crippen LogP contribution in [0, 0.1) is 10.1 Å². The molecule has 0 saturated heterocycles. The van der Waals surface area contributed by atoms with E-state index < -0.39 is 11.0 Å². The smallest absolute Gasteiger partial charge is 0.311 e. The number of halogens is 1. The summed E-state index contributed by atoms with van der Waals surface area (Å²) in [5, 5.41) is 16.3. The normalized spacial score (nSPS) is 11.7. The molecular weight excluding hydrogens is 272 g/mol. The molecule has 1 aromatic heterocycles. The number of nitrogens with zero attached hydrogens (tertiary/aromatic N) is 2. The molecule has 0 aliphatic heterocycles. The van der Waals surface area contributed by atoms with Crippen LogP contribution >= 0.6 is 11.6 Å². The Morgan fingerprint density at radius 3 is 2.84 bits per heavy atom. The van der Waals surface area contributed by atoms with Crippen molar-refractivity contribution in [1.29, 1.82) is 0 Å². The zero-order valence-electron chi connectivity index (χ0n) is 10.6. The first-order valence-electron chi connectivity index (χ1n) is 5.81. The number of hydrogen-bond donors (Lipinski definition) is 2. The highest BCUT2D eigenvalue weighted by atomic mass is 35.5. The van der Waals surface area contributed by atoms with Crippen molar-refractivity contribution in [2.75, 3.05) is 11.9 Å². The van der Waals surface area contributed by atoms with Crippen molar-refractivity contribution in [3.8, 4) is 0 Å². The van der Waals surface area contributed by atoms with Gasteiger partial charge in [0.15, 0.2) is 0 Å². The van der Waals surface area contributed by atoms with Crippen LogP contribution in [-0.2, 0) is 4.79 Å². The number of nitro groups is 1. The average molecular weight is 287 g/mol. The van der Waals surface area contributed by atoms with Gasteiger partial charge in [0.05, 0.1) is 4.92 Å². The number of amides is 1. The highest BCUT2D eigenvalue weighted by Crippen LogP contribution is 2.24. The maximum absolute atomic E-state index is 11.7. The molecule has 0 radical (unpaired) electrons. The molecular formula is C11H15ClN4O3. The lowest BCUT2D eigenvalue weighted by atomic mass is 10.3. The first-order chi connectivity index (χ1) is 8.95. The summed E-state index contributed by atoms with van der Waals surface area (Å²) in [5.74, 6) is -0.269. The number of rotatable bonds is 6. The van der Waals surface area contributed by atoms with Crippen molar-refractivity contribution in [2.24, 2.45) is 0 Å².